The molecular weight excluding hydrogens is 246 g/mol. The van der Waals surface area contributed by atoms with Crippen molar-refractivity contribution in [3.63, 3.8) is 0 Å². The van der Waals surface area contributed by atoms with Gasteiger partial charge in [0, 0.05) is 12.6 Å². The summed E-state index contributed by atoms with van der Waals surface area (Å²) in [6, 6.07) is 0.590. The molecule has 2 atom stereocenters. The van der Waals surface area contributed by atoms with E-state index in [2.05, 4.69) is 39.9 Å². The molecule has 20 heavy (non-hydrogen) atoms. The molecule has 0 spiro atoms. The van der Waals surface area contributed by atoms with Crippen molar-refractivity contribution in [2.75, 3.05) is 6.54 Å². The van der Waals surface area contributed by atoms with E-state index in [1.165, 1.54) is 19.3 Å². The van der Waals surface area contributed by atoms with Gasteiger partial charge in [-0.15, -0.1) is 0 Å². The zero-order valence-electron chi connectivity index (χ0n) is 14.3. The number of aliphatic hydroxyl groups is 1. The minimum absolute atomic E-state index is 0.424. The first kappa shape index (κ1) is 16.3. The lowest BCUT2D eigenvalue weighted by molar-refractivity contribution is -0.0287. The third-order valence-electron chi connectivity index (χ3n) is 5.64. The minimum Gasteiger partial charge on any atom is -0.389 e. The van der Waals surface area contributed by atoms with Crippen molar-refractivity contribution < 1.29 is 5.11 Å². The van der Waals surface area contributed by atoms with Crippen LogP contribution in [-0.4, -0.2) is 23.3 Å². The Labute approximate surface area is 125 Å². The van der Waals surface area contributed by atoms with Crippen LogP contribution in [0, 0.1) is 16.7 Å². The van der Waals surface area contributed by atoms with Crippen molar-refractivity contribution in [2.24, 2.45) is 16.7 Å². The van der Waals surface area contributed by atoms with Crippen LogP contribution in [-0.2, 0) is 0 Å². The maximum Gasteiger partial charge on any atom is 0.0772 e. The number of nitrogens with one attached hydrogen (secondary N) is 1. The van der Waals surface area contributed by atoms with Gasteiger partial charge in [0.25, 0.3) is 0 Å². The van der Waals surface area contributed by atoms with E-state index in [-0.39, 0.29) is 0 Å². The Balaban J connectivity index is 1.83. The lowest BCUT2D eigenvalue weighted by Crippen LogP contribution is -2.50. The zero-order valence-corrected chi connectivity index (χ0v) is 14.3. The summed E-state index contributed by atoms with van der Waals surface area (Å²) < 4.78 is 0. The molecule has 0 aromatic heterocycles. The van der Waals surface area contributed by atoms with Gasteiger partial charge < -0.3 is 10.4 Å². The van der Waals surface area contributed by atoms with E-state index >= 15 is 0 Å². The maximum absolute atomic E-state index is 10.8. The van der Waals surface area contributed by atoms with Crippen molar-refractivity contribution in [3.05, 3.63) is 0 Å². The molecule has 0 bridgehead atoms. The average Bonchev–Trinajstić information content (AvgIpc) is 2.29. The van der Waals surface area contributed by atoms with Crippen molar-refractivity contribution >= 4 is 0 Å². The lowest BCUT2D eigenvalue weighted by atomic mass is 9.69. The summed E-state index contributed by atoms with van der Waals surface area (Å²) in [5.74, 6) is 0.802. The van der Waals surface area contributed by atoms with Gasteiger partial charge in [-0.25, -0.2) is 0 Å². The van der Waals surface area contributed by atoms with Gasteiger partial charge in [-0.2, -0.15) is 0 Å². The second-order valence-corrected chi connectivity index (χ2v) is 9.38. The second kappa shape index (κ2) is 5.61. The lowest BCUT2D eigenvalue weighted by Gasteiger charge is -2.43. The third kappa shape index (κ3) is 4.46. The topological polar surface area (TPSA) is 32.3 Å². The summed E-state index contributed by atoms with van der Waals surface area (Å²) >= 11 is 0. The highest BCUT2D eigenvalue weighted by molar-refractivity contribution is 4.93. The fourth-order valence-corrected chi connectivity index (χ4v) is 4.40. The Morgan fingerprint density at radius 1 is 0.950 bits per heavy atom. The number of hydrogen-bond donors (Lipinski definition) is 2. The first-order valence-electron chi connectivity index (χ1n) is 8.55. The molecule has 2 N–H and O–H groups in total. The van der Waals surface area contributed by atoms with E-state index in [0.717, 1.165) is 38.1 Å². The summed E-state index contributed by atoms with van der Waals surface area (Å²) in [7, 11) is 0. The van der Waals surface area contributed by atoms with Gasteiger partial charge in [-0.1, -0.05) is 34.6 Å². The molecule has 2 saturated carbocycles. The fraction of sp³-hybridized carbons (Fsp3) is 1.00. The second-order valence-electron chi connectivity index (χ2n) is 9.38. The number of hydrogen-bond acceptors (Lipinski definition) is 2. The van der Waals surface area contributed by atoms with Gasteiger partial charge in [0.2, 0.25) is 0 Å². The molecule has 0 aromatic carbocycles. The Hall–Kier alpha value is -0.0800. The van der Waals surface area contributed by atoms with Gasteiger partial charge in [0.15, 0.2) is 0 Å². The van der Waals surface area contributed by atoms with Gasteiger partial charge >= 0.3 is 0 Å². The van der Waals surface area contributed by atoms with Crippen LogP contribution in [0.25, 0.3) is 0 Å². The van der Waals surface area contributed by atoms with Crippen LogP contribution in [0.4, 0.5) is 0 Å². The Morgan fingerprint density at radius 3 is 2.10 bits per heavy atom. The summed E-state index contributed by atoms with van der Waals surface area (Å²) in [5.41, 5.74) is 0.417. The molecule has 2 fully saturated rings. The van der Waals surface area contributed by atoms with Crippen LogP contribution in [0.1, 0.15) is 79.6 Å². The van der Waals surface area contributed by atoms with Crippen LogP contribution in [0.2, 0.25) is 0 Å². The molecule has 2 unspecified atom stereocenters. The summed E-state index contributed by atoms with van der Waals surface area (Å²) in [5, 5.41) is 14.5. The molecule has 2 aliphatic carbocycles. The summed E-state index contributed by atoms with van der Waals surface area (Å²) in [6.07, 6.45) is 8.07. The van der Waals surface area contributed by atoms with E-state index in [1.807, 2.05) is 0 Å². The van der Waals surface area contributed by atoms with Crippen LogP contribution < -0.4 is 5.32 Å². The van der Waals surface area contributed by atoms with Gasteiger partial charge in [-0.3, -0.25) is 0 Å². The number of rotatable bonds is 3. The summed E-state index contributed by atoms with van der Waals surface area (Å²) in [4.78, 5) is 0. The summed E-state index contributed by atoms with van der Waals surface area (Å²) in [6.45, 7) is 12.6. The quantitative estimate of drug-likeness (QED) is 0.815. The molecule has 2 nitrogen and oxygen atoms in total. The molecule has 0 amide bonds. The van der Waals surface area contributed by atoms with Crippen molar-refractivity contribution in [2.45, 2.75) is 91.2 Å². The highest BCUT2D eigenvalue weighted by Gasteiger charge is 2.38. The van der Waals surface area contributed by atoms with E-state index in [4.69, 9.17) is 0 Å². The van der Waals surface area contributed by atoms with Crippen LogP contribution in [0.15, 0.2) is 0 Å². The zero-order chi connectivity index (χ0) is 15.0. The highest BCUT2D eigenvalue weighted by Crippen LogP contribution is 2.41. The molecule has 118 valence electrons. The van der Waals surface area contributed by atoms with Crippen molar-refractivity contribution in [1.82, 2.24) is 5.32 Å². The van der Waals surface area contributed by atoms with Crippen molar-refractivity contribution in [1.29, 1.82) is 0 Å². The first-order valence-corrected chi connectivity index (χ1v) is 8.55. The standard InChI is InChI=1S/C18H35NO/c1-14-10-15(12-17(4,5)11-14)19-13-18(20)8-6-16(2,3)7-9-18/h14-15,19-20H,6-13H2,1-5H3. The van der Waals surface area contributed by atoms with E-state index < -0.39 is 5.60 Å². The molecule has 0 radical (unpaired) electrons. The molecule has 2 heteroatoms. The Kier molecular flexibility index (Phi) is 4.57. The smallest absolute Gasteiger partial charge is 0.0772 e. The highest BCUT2D eigenvalue weighted by atomic mass is 16.3. The molecule has 2 aliphatic rings. The molecule has 2 rings (SSSR count). The van der Waals surface area contributed by atoms with E-state index in [1.54, 1.807) is 0 Å². The van der Waals surface area contributed by atoms with Gasteiger partial charge in [-0.05, 0) is 61.7 Å². The molecular formula is C18H35NO. The monoisotopic (exact) mass is 281 g/mol. The largest absolute Gasteiger partial charge is 0.389 e. The van der Waals surface area contributed by atoms with E-state index in [9.17, 15) is 5.11 Å². The fourth-order valence-electron chi connectivity index (χ4n) is 4.40. The maximum atomic E-state index is 10.8. The van der Waals surface area contributed by atoms with Gasteiger partial charge in [0.1, 0.15) is 0 Å². The molecule has 0 aliphatic heterocycles. The predicted octanol–water partition coefficient (Wildman–Crippen LogP) is 4.12. The Bertz CT molecular complexity index is 324. The van der Waals surface area contributed by atoms with Crippen LogP contribution >= 0.6 is 0 Å². The SMILES string of the molecule is CC1CC(NCC2(O)CCC(C)(C)CC2)CC(C)(C)C1. The minimum atomic E-state index is -0.458. The van der Waals surface area contributed by atoms with Crippen molar-refractivity contribution in [3.8, 4) is 0 Å². The van der Waals surface area contributed by atoms with Gasteiger partial charge in [0.05, 0.1) is 5.60 Å². The third-order valence-corrected chi connectivity index (χ3v) is 5.64. The van der Waals surface area contributed by atoms with Crippen LogP contribution in [0.3, 0.4) is 0 Å². The van der Waals surface area contributed by atoms with Crippen LogP contribution in [0.5, 0.6) is 0 Å². The average molecular weight is 281 g/mol. The molecule has 0 heterocycles. The van der Waals surface area contributed by atoms with E-state index in [0.29, 0.717) is 16.9 Å². The first-order chi connectivity index (χ1) is 9.09. The normalized spacial score (nSPS) is 35.7. The molecule has 0 aromatic rings. The molecule has 0 saturated heterocycles. The Morgan fingerprint density at radius 2 is 1.55 bits per heavy atom. The predicted molar refractivity (Wildman–Crippen MR) is 85.8 cm³/mol.